The number of halogens is 1. The van der Waals surface area contributed by atoms with E-state index in [-0.39, 0.29) is 17.9 Å². The molecule has 0 aliphatic carbocycles. The van der Waals surface area contributed by atoms with Gasteiger partial charge in [-0.3, -0.25) is 15.2 Å². The molecule has 1 unspecified atom stereocenters. The summed E-state index contributed by atoms with van der Waals surface area (Å²) in [6.07, 6.45) is 1.85. The number of carbonyl (C=O) groups excluding carboxylic acids is 1. The lowest BCUT2D eigenvalue weighted by atomic mass is 9.91. The van der Waals surface area contributed by atoms with Crippen LogP contribution < -0.4 is 15.2 Å². The highest BCUT2D eigenvalue weighted by Gasteiger charge is 2.40. The second kappa shape index (κ2) is 9.26. The van der Waals surface area contributed by atoms with E-state index in [1.165, 1.54) is 0 Å². The SMILES string of the molecule is COc1ccc([C@H]2[C@@H](C)C(C(=O)NN3CCCCC3O)=NN2c2ccccc2Cl)cc1. The summed E-state index contributed by atoms with van der Waals surface area (Å²) < 4.78 is 5.29. The van der Waals surface area contributed by atoms with Gasteiger partial charge in [0, 0.05) is 12.5 Å². The van der Waals surface area contributed by atoms with Crippen LogP contribution >= 0.6 is 11.6 Å². The van der Waals surface area contributed by atoms with Crippen LogP contribution in [0.2, 0.25) is 5.02 Å². The second-order valence-corrected chi connectivity index (χ2v) is 8.31. The molecule has 2 aliphatic heterocycles. The number of amides is 1. The Morgan fingerprint density at radius 3 is 2.61 bits per heavy atom. The number of hydrazine groups is 1. The van der Waals surface area contributed by atoms with E-state index in [4.69, 9.17) is 21.4 Å². The number of para-hydroxylation sites is 1. The fraction of sp³-hybridized carbons (Fsp3) is 0.391. The molecule has 2 aliphatic rings. The number of aliphatic hydroxyl groups excluding tert-OH is 1. The first-order valence-corrected chi connectivity index (χ1v) is 10.9. The average molecular weight is 443 g/mol. The third kappa shape index (κ3) is 4.39. The first-order valence-electron chi connectivity index (χ1n) is 10.5. The topological polar surface area (TPSA) is 77.4 Å². The van der Waals surface area contributed by atoms with Gasteiger partial charge in [0.15, 0.2) is 0 Å². The molecular weight excluding hydrogens is 416 g/mol. The Labute approximate surface area is 187 Å². The number of methoxy groups -OCH3 is 1. The third-order valence-electron chi connectivity index (χ3n) is 5.89. The average Bonchev–Trinajstić information content (AvgIpc) is 3.12. The van der Waals surface area contributed by atoms with Crippen LogP contribution in [0.4, 0.5) is 5.69 Å². The number of piperidine rings is 1. The van der Waals surface area contributed by atoms with Crippen molar-refractivity contribution in [3.8, 4) is 5.75 Å². The largest absolute Gasteiger partial charge is 0.497 e. The summed E-state index contributed by atoms with van der Waals surface area (Å²) in [6.45, 7) is 2.60. The van der Waals surface area contributed by atoms with E-state index in [0.29, 0.717) is 23.7 Å². The zero-order valence-electron chi connectivity index (χ0n) is 17.7. The minimum atomic E-state index is -0.674. The van der Waals surface area contributed by atoms with Crippen LogP contribution in [0, 0.1) is 5.92 Å². The number of aliphatic hydroxyl groups is 1. The molecule has 2 heterocycles. The van der Waals surface area contributed by atoms with Crippen molar-refractivity contribution in [2.24, 2.45) is 11.0 Å². The summed E-state index contributed by atoms with van der Waals surface area (Å²) >= 11 is 6.48. The van der Waals surface area contributed by atoms with Crippen LogP contribution in [0.5, 0.6) is 5.75 Å². The monoisotopic (exact) mass is 442 g/mol. The molecule has 1 fully saturated rings. The molecule has 0 aromatic heterocycles. The van der Waals surface area contributed by atoms with Crippen molar-refractivity contribution in [2.45, 2.75) is 38.5 Å². The molecule has 3 atom stereocenters. The Bertz CT molecular complexity index is 966. The maximum Gasteiger partial charge on any atom is 0.282 e. The summed E-state index contributed by atoms with van der Waals surface area (Å²) in [5.74, 6) is 0.254. The van der Waals surface area contributed by atoms with Gasteiger partial charge < -0.3 is 9.84 Å². The van der Waals surface area contributed by atoms with E-state index >= 15 is 0 Å². The van der Waals surface area contributed by atoms with Gasteiger partial charge in [-0.05, 0) is 49.1 Å². The molecule has 0 saturated carbocycles. The van der Waals surface area contributed by atoms with Gasteiger partial charge in [-0.15, -0.1) is 0 Å². The van der Waals surface area contributed by atoms with Crippen molar-refractivity contribution in [1.29, 1.82) is 0 Å². The molecule has 7 nitrogen and oxygen atoms in total. The number of benzene rings is 2. The molecule has 4 rings (SSSR count). The van der Waals surface area contributed by atoms with E-state index < -0.39 is 6.23 Å². The van der Waals surface area contributed by atoms with Crippen molar-refractivity contribution in [1.82, 2.24) is 10.4 Å². The van der Waals surface area contributed by atoms with Gasteiger partial charge in [0.25, 0.3) is 5.91 Å². The highest BCUT2D eigenvalue weighted by molar-refractivity contribution is 6.40. The number of carbonyl (C=O) groups is 1. The number of ether oxygens (including phenoxy) is 1. The van der Waals surface area contributed by atoms with Crippen molar-refractivity contribution in [3.05, 3.63) is 59.1 Å². The molecule has 0 radical (unpaired) electrons. The Balaban J connectivity index is 1.66. The lowest BCUT2D eigenvalue weighted by molar-refractivity contribution is -0.128. The number of nitrogens with zero attached hydrogens (tertiary/aromatic N) is 3. The second-order valence-electron chi connectivity index (χ2n) is 7.90. The van der Waals surface area contributed by atoms with Crippen LogP contribution in [-0.2, 0) is 4.79 Å². The predicted octanol–water partition coefficient (Wildman–Crippen LogP) is 3.74. The fourth-order valence-corrected chi connectivity index (χ4v) is 4.41. The predicted molar refractivity (Wildman–Crippen MR) is 121 cm³/mol. The first kappa shape index (κ1) is 21.6. The van der Waals surface area contributed by atoms with Crippen LogP contribution in [0.1, 0.15) is 37.8 Å². The highest BCUT2D eigenvalue weighted by Crippen LogP contribution is 2.42. The van der Waals surface area contributed by atoms with Gasteiger partial charge >= 0.3 is 0 Å². The molecule has 0 spiro atoms. The molecule has 1 saturated heterocycles. The molecule has 31 heavy (non-hydrogen) atoms. The Morgan fingerprint density at radius 2 is 1.94 bits per heavy atom. The van der Waals surface area contributed by atoms with Gasteiger partial charge in [-0.25, -0.2) is 0 Å². The Kier molecular flexibility index (Phi) is 6.46. The van der Waals surface area contributed by atoms with Gasteiger partial charge in [-0.1, -0.05) is 42.8 Å². The number of rotatable bonds is 5. The van der Waals surface area contributed by atoms with E-state index in [2.05, 4.69) is 5.43 Å². The van der Waals surface area contributed by atoms with E-state index in [9.17, 15) is 9.90 Å². The number of hydrogen-bond acceptors (Lipinski definition) is 6. The summed E-state index contributed by atoms with van der Waals surface area (Å²) in [5.41, 5.74) is 4.99. The number of nitrogens with one attached hydrogen (secondary N) is 1. The van der Waals surface area contributed by atoms with E-state index in [0.717, 1.165) is 29.8 Å². The van der Waals surface area contributed by atoms with Gasteiger partial charge in [0.05, 0.1) is 23.9 Å². The lowest BCUT2D eigenvalue weighted by Gasteiger charge is -2.32. The van der Waals surface area contributed by atoms with Gasteiger partial charge in [0.2, 0.25) is 0 Å². The summed E-state index contributed by atoms with van der Waals surface area (Å²) in [4.78, 5) is 13.1. The molecule has 0 bridgehead atoms. The quantitative estimate of drug-likeness (QED) is 0.737. The summed E-state index contributed by atoms with van der Waals surface area (Å²) in [5, 5.41) is 18.9. The molecule has 2 N–H and O–H groups in total. The Hall–Kier alpha value is -2.61. The Morgan fingerprint density at radius 1 is 1.19 bits per heavy atom. The highest BCUT2D eigenvalue weighted by atomic mass is 35.5. The lowest BCUT2D eigenvalue weighted by Crippen LogP contribution is -2.53. The molecule has 2 aromatic carbocycles. The fourth-order valence-electron chi connectivity index (χ4n) is 4.19. The summed E-state index contributed by atoms with van der Waals surface area (Å²) in [7, 11) is 1.63. The van der Waals surface area contributed by atoms with Crippen LogP contribution in [0.25, 0.3) is 0 Å². The van der Waals surface area contributed by atoms with Crippen LogP contribution in [-0.4, -0.2) is 41.6 Å². The smallest absolute Gasteiger partial charge is 0.282 e. The minimum Gasteiger partial charge on any atom is -0.497 e. The summed E-state index contributed by atoms with van der Waals surface area (Å²) in [6, 6.07) is 15.0. The van der Waals surface area contributed by atoms with E-state index in [1.807, 2.05) is 60.5 Å². The minimum absolute atomic E-state index is 0.202. The van der Waals surface area contributed by atoms with Crippen LogP contribution in [0.15, 0.2) is 53.6 Å². The zero-order chi connectivity index (χ0) is 22.0. The normalized spacial score (nSPS) is 24.1. The molecule has 2 aromatic rings. The molecular formula is C23H27ClN4O3. The molecule has 8 heteroatoms. The van der Waals surface area contributed by atoms with E-state index in [1.54, 1.807) is 12.1 Å². The zero-order valence-corrected chi connectivity index (χ0v) is 18.4. The maximum atomic E-state index is 13.1. The van der Waals surface area contributed by atoms with Crippen LogP contribution in [0.3, 0.4) is 0 Å². The van der Waals surface area contributed by atoms with Gasteiger partial charge in [-0.2, -0.15) is 10.1 Å². The number of hydrazone groups is 1. The van der Waals surface area contributed by atoms with Crippen molar-refractivity contribution >= 4 is 28.9 Å². The third-order valence-corrected chi connectivity index (χ3v) is 6.21. The molecule has 1 amide bonds. The number of anilines is 1. The van der Waals surface area contributed by atoms with Crippen molar-refractivity contribution < 1.29 is 14.6 Å². The van der Waals surface area contributed by atoms with Gasteiger partial charge in [0.1, 0.15) is 17.7 Å². The number of hydrogen-bond donors (Lipinski definition) is 2. The van der Waals surface area contributed by atoms with Crippen molar-refractivity contribution in [2.75, 3.05) is 18.7 Å². The first-order chi connectivity index (χ1) is 15.0. The standard InChI is InChI=1S/C23H27ClN4O3/c1-15-21(23(30)26-27-14-6-5-9-20(27)29)25-28(19-8-4-3-7-18(19)24)22(15)16-10-12-17(31-2)13-11-16/h3-4,7-8,10-13,15,20,22,29H,5-6,9,14H2,1-2H3,(H,26,30)/t15-,20?,22+/m0/s1. The van der Waals surface area contributed by atoms with Crippen molar-refractivity contribution in [3.63, 3.8) is 0 Å². The molecule has 164 valence electrons. The maximum absolute atomic E-state index is 13.1.